The van der Waals surface area contributed by atoms with Gasteiger partial charge >= 0.3 is 6.18 Å². The van der Waals surface area contributed by atoms with Crippen LogP contribution in [0.5, 0.6) is 0 Å². The molecule has 4 nitrogen and oxygen atoms in total. The van der Waals surface area contributed by atoms with E-state index in [0.29, 0.717) is 16.2 Å². The van der Waals surface area contributed by atoms with E-state index >= 15 is 4.57 Å². The highest BCUT2D eigenvalue weighted by molar-refractivity contribution is 7.86. The fourth-order valence-electron chi connectivity index (χ4n) is 4.11. The molecule has 0 saturated heterocycles. The number of benzene rings is 4. The van der Waals surface area contributed by atoms with E-state index < -0.39 is 41.5 Å². The molecule has 0 aromatic heterocycles. The van der Waals surface area contributed by atoms with Crippen LogP contribution < -0.4 is 10.6 Å². The summed E-state index contributed by atoms with van der Waals surface area (Å²) in [7, 11) is -7.96. The fraction of sp³-hybridized carbons (Fsp3) is 0.143. The zero-order valence-corrected chi connectivity index (χ0v) is 21.3. The predicted octanol–water partition coefficient (Wildman–Crippen LogP) is 6.36. The number of fused-ring (bicyclic) bond motifs is 1. The third-order valence-electron chi connectivity index (χ3n) is 5.81. The molecule has 0 aliphatic heterocycles. The second kappa shape index (κ2) is 11.1. The summed E-state index contributed by atoms with van der Waals surface area (Å²) in [5, 5.41) is 3.03. The van der Waals surface area contributed by atoms with Gasteiger partial charge < -0.3 is 4.57 Å². The maximum absolute atomic E-state index is 15.1. The third-order valence-corrected chi connectivity index (χ3v) is 10.3. The lowest BCUT2D eigenvalue weighted by Crippen LogP contribution is -2.22. The first kappa shape index (κ1) is 26.9. The normalized spacial score (nSPS) is 13.7. The molecule has 0 radical (unpaired) electrons. The molecule has 9 heteroatoms. The Kier molecular flexibility index (Phi) is 8.02. The second-order valence-corrected chi connectivity index (χ2v) is 13.0. The molecule has 0 heterocycles. The first-order valence-corrected chi connectivity index (χ1v) is 14.7. The van der Waals surface area contributed by atoms with E-state index in [0.717, 1.165) is 10.8 Å². The van der Waals surface area contributed by atoms with Crippen LogP contribution in [0, 0.1) is 0 Å². The van der Waals surface area contributed by atoms with Crippen molar-refractivity contribution in [3.05, 3.63) is 121 Å². The quantitative estimate of drug-likeness (QED) is 0.140. The number of allylic oxidation sites excluding steroid dienone is 1. The van der Waals surface area contributed by atoms with Gasteiger partial charge in [-0.3, -0.25) is 4.18 Å². The van der Waals surface area contributed by atoms with Gasteiger partial charge in [0.1, 0.15) is 0 Å². The fourth-order valence-corrected chi connectivity index (χ4v) is 7.98. The van der Waals surface area contributed by atoms with Crippen molar-refractivity contribution in [1.82, 2.24) is 0 Å². The molecule has 0 unspecified atom stereocenters. The first-order chi connectivity index (χ1) is 17.6. The standard InChI is InChI=1S/C28H24F3O4PS/c29-28(30,31)21-35-37(33,34)19-9-16-27(24-18-17-22-10-7-8-11-23(22)20-24)36(32,25-12-3-1-4-13-25)26-14-5-2-6-15-26/h1-18,20,27H,19,21H2/b16-9-/t27-/m0/s1. The lowest BCUT2D eigenvalue weighted by Gasteiger charge is -2.27. The van der Waals surface area contributed by atoms with Crippen molar-refractivity contribution in [2.75, 3.05) is 12.4 Å². The maximum Gasteiger partial charge on any atom is 0.413 e. The molecular formula is C28H24F3O4PS. The van der Waals surface area contributed by atoms with E-state index in [4.69, 9.17) is 0 Å². The molecule has 4 rings (SSSR count). The van der Waals surface area contributed by atoms with Gasteiger partial charge in [-0.05, 0) is 16.3 Å². The van der Waals surface area contributed by atoms with E-state index in [9.17, 15) is 21.6 Å². The molecule has 4 aromatic rings. The van der Waals surface area contributed by atoms with Crippen molar-refractivity contribution in [3.63, 3.8) is 0 Å². The minimum absolute atomic E-state index is 0.570. The molecule has 0 saturated carbocycles. The van der Waals surface area contributed by atoms with Gasteiger partial charge in [0.05, 0.1) is 11.4 Å². The molecule has 0 aliphatic carbocycles. The summed E-state index contributed by atoms with van der Waals surface area (Å²) in [6.07, 6.45) is -2.07. The zero-order chi connectivity index (χ0) is 26.5. The molecule has 0 amide bonds. The third kappa shape index (κ3) is 6.58. The summed E-state index contributed by atoms with van der Waals surface area (Å²) in [5.41, 5.74) is -0.112. The largest absolute Gasteiger partial charge is 0.413 e. The Bertz CT molecular complexity index is 1490. The highest BCUT2D eigenvalue weighted by Crippen LogP contribution is 2.58. The molecule has 4 aromatic carbocycles. The minimum Gasteiger partial charge on any atom is -0.313 e. The number of hydrogen-bond acceptors (Lipinski definition) is 4. The van der Waals surface area contributed by atoms with Gasteiger partial charge in [0.25, 0.3) is 10.1 Å². The second-order valence-electron chi connectivity index (χ2n) is 8.41. The summed E-state index contributed by atoms with van der Waals surface area (Å²) in [4.78, 5) is 0. The van der Waals surface area contributed by atoms with Crippen LogP contribution in [0.25, 0.3) is 10.8 Å². The summed E-state index contributed by atoms with van der Waals surface area (Å²) in [5.74, 6) is -0.795. The number of hydrogen-bond donors (Lipinski definition) is 0. The van der Waals surface area contributed by atoms with Crippen LogP contribution in [0.2, 0.25) is 0 Å². The van der Waals surface area contributed by atoms with Crippen LogP contribution in [0.4, 0.5) is 13.2 Å². The Balaban J connectivity index is 1.83. The van der Waals surface area contributed by atoms with Gasteiger partial charge in [-0.25, -0.2) is 0 Å². The van der Waals surface area contributed by atoms with E-state index in [-0.39, 0.29) is 0 Å². The van der Waals surface area contributed by atoms with Crippen molar-refractivity contribution in [2.45, 2.75) is 11.8 Å². The first-order valence-electron chi connectivity index (χ1n) is 11.4. The van der Waals surface area contributed by atoms with Crippen LogP contribution in [0.15, 0.2) is 115 Å². The Morgan fingerprint density at radius 3 is 1.89 bits per heavy atom. The number of alkyl halides is 3. The zero-order valence-electron chi connectivity index (χ0n) is 19.6. The lowest BCUT2D eigenvalue weighted by atomic mass is 10.0. The van der Waals surface area contributed by atoms with Gasteiger partial charge in [-0.2, -0.15) is 21.6 Å². The van der Waals surface area contributed by atoms with Crippen LogP contribution in [0.3, 0.4) is 0 Å². The molecule has 0 N–H and O–H groups in total. The van der Waals surface area contributed by atoms with E-state index in [1.54, 1.807) is 48.5 Å². The molecule has 0 spiro atoms. The van der Waals surface area contributed by atoms with Crippen LogP contribution in [-0.4, -0.2) is 27.0 Å². The Labute approximate surface area is 213 Å². The van der Waals surface area contributed by atoms with E-state index in [1.807, 2.05) is 54.6 Å². The average molecular weight is 545 g/mol. The van der Waals surface area contributed by atoms with Gasteiger partial charge in [0.15, 0.2) is 13.7 Å². The topological polar surface area (TPSA) is 60.4 Å². The monoisotopic (exact) mass is 544 g/mol. The van der Waals surface area contributed by atoms with Gasteiger partial charge in [0, 0.05) is 10.6 Å². The molecule has 1 atom stereocenters. The van der Waals surface area contributed by atoms with E-state index in [1.165, 1.54) is 12.2 Å². The van der Waals surface area contributed by atoms with E-state index in [2.05, 4.69) is 4.18 Å². The Morgan fingerprint density at radius 1 is 0.784 bits per heavy atom. The van der Waals surface area contributed by atoms with Crippen molar-refractivity contribution in [3.8, 4) is 0 Å². The van der Waals surface area contributed by atoms with Crippen molar-refractivity contribution < 1.29 is 30.3 Å². The minimum atomic E-state index is -4.78. The maximum atomic E-state index is 15.1. The van der Waals surface area contributed by atoms with Gasteiger partial charge in [-0.15, -0.1) is 0 Å². The lowest BCUT2D eigenvalue weighted by molar-refractivity contribution is -0.152. The molecule has 0 fully saturated rings. The smallest absolute Gasteiger partial charge is 0.313 e. The van der Waals surface area contributed by atoms with Gasteiger partial charge in [-0.1, -0.05) is 115 Å². The number of rotatable bonds is 9. The highest BCUT2D eigenvalue weighted by Gasteiger charge is 2.36. The molecule has 0 bridgehead atoms. The summed E-state index contributed by atoms with van der Waals surface area (Å²) in [6, 6.07) is 31.1. The molecule has 0 aliphatic rings. The predicted molar refractivity (Wildman–Crippen MR) is 141 cm³/mol. The van der Waals surface area contributed by atoms with Crippen LogP contribution >= 0.6 is 7.14 Å². The van der Waals surface area contributed by atoms with Crippen molar-refractivity contribution in [1.29, 1.82) is 0 Å². The molecule has 192 valence electrons. The van der Waals surface area contributed by atoms with Crippen LogP contribution in [0.1, 0.15) is 11.2 Å². The average Bonchev–Trinajstić information content (AvgIpc) is 2.90. The summed E-state index contributed by atoms with van der Waals surface area (Å²) in [6.45, 7) is -1.90. The molecular weight excluding hydrogens is 520 g/mol. The molecule has 37 heavy (non-hydrogen) atoms. The highest BCUT2D eigenvalue weighted by atomic mass is 32.2. The van der Waals surface area contributed by atoms with Crippen molar-refractivity contribution in [2.24, 2.45) is 0 Å². The van der Waals surface area contributed by atoms with Crippen molar-refractivity contribution >= 4 is 38.6 Å². The summed E-state index contributed by atoms with van der Waals surface area (Å²) >= 11 is 0. The Hall–Kier alpha value is -3.19. The van der Waals surface area contributed by atoms with Gasteiger partial charge in [0.2, 0.25) is 0 Å². The SMILES string of the molecule is O=P(c1ccccc1)(c1ccccc1)[C@@H](/C=C\CS(=O)(=O)OCC(F)(F)F)c1ccc2ccccc2c1. The summed E-state index contributed by atoms with van der Waals surface area (Å²) < 4.78 is 80.9. The van der Waals surface area contributed by atoms with Crippen LogP contribution in [-0.2, 0) is 18.9 Å². The Morgan fingerprint density at radius 2 is 1.32 bits per heavy atom. The number of halogens is 3.